The van der Waals surface area contributed by atoms with Crippen molar-refractivity contribution in [1.82, 2.24) is 4.90 Å². The molecule has 1 amide bonds. The van der Waals surface area contributed by atoms with Gasteiger partial charge in [-0.3, -0.25) is 9.69 Å². The summed E-state index contributed by atoms with van der Waals surface area (Å²) >= 11 is 0. The molecule has 1 fully saturated rings. The SMILES string of the molecule is CC(=O)/C=C/c1ccc([C@@H]2CC[C@H](N(C(=O)OC(C)(C)C)[C@H](C)c3ccc(F)c4ccccc34)C2)cc1. The highest BCUT2D eigenvalue weighted by Crippen LogP contribution is 2.41. The van der Waals surface area contributed by atoms with Crippen LogP contribution in [0.25, 0.3) is 16.8 Å². The molecule has 3 aromatic rings. The summed E-state index contributed by atoms with van der Waals surface area (Å²) < 4.78 is 20.4. The molecule has 3 atom stereocenters. The van der Waals surface area contributed by atoms with E-state index in [1.807, 2.05) is 69.0 Å². The summed E-state index contributed by atoms with van der Waals surface area (Å²) in [6.45, 7) is 9.17. The number of nitrogens with zero attached hydrogens (tertiary/aromatic N) is 1. The van der Waals surface area contributed by atoms with Crippen molar-refractivity contribution in [3.8, 4) is 0 Å². The van der Waals surface area contributed by atoms with E-state index in [1.54, 1.807) is 18.2 Å². The summed E-state index contributed by atoms with van der Waals surface area (Å²) in [7, 11) is 0. The zero-order valence-corrected chi connectivity index (χ0v) is 22.3. The quantitative estimate of drug-likeness (QED) is 0.320. The molecule has 0 heterocycles. The number of benzene rings is 3. The van der Waals surface area contributed by atoms with Gasteiger partial charge in [-0.2, -0.15) is 0 Å². The number of hydrogen-bond donors (Lipinski definition) is 0. The number of carbonyl (C=O) groups is 2. The van der Waals surface area contributed by atoms with E-state index >= 15 is 0 Å². The molecule has 1 aliphatic carbocycles. The Morgan fingerprint density at radius 3 is 2.32 bits per heavy atom. The van der Waals surface area contributed by atoms with Gasteiger partial charge < -0.3 is 4.74 Å². The lowest BCUT2D eigenvalue weighted by molar-refractivity contribution is -0.112. The second-order valence-corrected chi connectivity index (χ2v) is 11.0. The molecule has 0 unspecified atom stereocenters. The molecule has 0 radical (unpaired) electrons. The van der Waals surface area contributed by atoms with E-state index in [0.29, 0.717) is 11.3 Å². The number of allylic oxidation sites excluding steroid dienone is 1. The molecule has 0 bridgehead atoms. The third-order valence-corrected chi connectivity index (χ3v) is 7.09. The minimum Gasteiger partial charge on any atom is -0.444 e. The Kier molecular flexibility index (Phi) is 7.82. The first-order valence-corrected chi connectivity index (χ1v) is 13.0. The van der Waals surface area contributed by atoms with E-state index in [2.05, 4.69) is 12.1 Å². The fourth-order valence-electron chi connectivity index (χ4n) is 5.34. The summed E-state index contributed by atoms with van der Waals surface area (Å²) in [5.74, 6) is 0.0730. The number of hydrogen-bond acceptors (Lipinski definition) is 3. The standard InChI is InChI=1S/C32H36FNO3/c1-21(35)10-11-23-12-14-24(15-13-23)25-16-17-26(20-25)34(31(36)37-32(3,4)5)22(2)27-18-19-30(33)29-9-7-6-8-28(27)29/h6-15,18-19,22,25-26H,16-17,20H2,1-5H3/b11-10+/t22-,25-,26+/m1/s1. The predicted octanol–water partition coefficient (Wildman–Crippen LogP) is 8.22. The van der Waals surface area contributed by atoms with E-state index in [0.717, 1.165) is 35.8 Å². The van der Waals surface area contributed by atoms with Crippen molar-refractivity contribution in [2.45, 2.75) is 77.5 Å². The molecular formula is C32H36FNO3. The predicted molar refractivity (Wildman–Crippen MR) is 147 cm³/mol. The maximum Gasteiger partial charge on any atom is 0.411 e. The second kappa shape index (κ2) is 10.9. The maximum absolute atomic E-state index is 14.5. The van der Waals surface area contributed by atoms with Gasteiger partial charge in [-0.25, -0.2) is 9.18 Å². The van der Waals surface area contributed by atoms with Crippen LogP contribution in [0.1, 0.15) is 82.5 Å². The molecule has 0 aliphatic heterocycles. The van der Waals surface area contributed by atoms with Crippen molar-refractivity contribution in [3.05, 3.63) is 89.2 Å². The lowest BCUT2D eigenvalue weighted by atomic mass is 9.95. The van der Waals surface area contributed by atoms with Crippen molar-refractivity contribution < 1.29 is 18.7 Å². The number of halogens is 1. The average Bonchev–Trinajstić information content (AvgIpc) is 3.32. The Balaban J connectivity index is 1.62. The number of fused-ring (bicyclic) bond motifs is 1. The second-order valence-electron chi connectivity index (χ2n) is 11.0. The number of ether oxygens (including phenoxy) is 1. The van der Waals surface area contributed by atoms with Gasteiger partial charge in [0.1, 0.15) is 11.4 Å². The summed E-state index contributed by atoms with van der Waals surface area (Å²) in [6.07, 6.45) is 5.69. The lowest BCUT2D eigenvalue weighted by Crippen LogP contribution is -2.44. The monoisotopic (exact) mass is 501 g/mol. The molecule has 194 valence electrons. The highest BCUT2D eigenvalue weighted by atomic mass is 19.1. The Bertz CT molecular complexity index is 1310. The average molecular weight is 502 g/mol. The van der Waals surface area contributed by atoms with Gasteiger partial charge in [-0.1, -0.05) is 60.7 Å². The smallest absolute Gasteiger partial charge is 0.411 e. The first-order valence-electron chi connectivity index (χ1n) is 13.0. The Labute approximate surface area is 219 Å². The Morgan fingerprint density at radius 1 is 1.00 bits per heavy atom. The zero-order chi connectivity index (χ0) is 26.7. The number of amides is 1. The van der Waals surface area contributed by atoms with Crippen LogP contribution in [0.2, 0.25) is 0 Å². The maximum atomic E-state index is 14.5. The number of ketones is 1. The summed E-state index contributed by atoms with van der Waals surface area (Å²) in [6, 6.07) is 18.7. The van der Waals surface area contributed by atoms with Gasteiger partial charge in [0.15, 0.2) is 5.78 Å². The Hall–Kier alpha value is -3.47. The molecular weight excluding hydrogens is 465 g/mol. The fourth-order valence-corrected chi connectivity index (χ4v) is 5.34. The van der Waals surface area contributed by atoms with E-state index in [9.17, 15) is 14.0 Å². The molecule has 0 N–H and O–H groups in total. The van der Waals surface area contributed by atoms with Gasteiger partial charge in [-0.05, 0) is 94.0 Å². The van der Waals surface area contributed by atoms with Crippen LogP contribution in [0.3, 0.4) is 0 Å². The minimum atomic E-state index is -0.624. The van der Waals surface area contributed by atoms with E-state index in [-0.39, 0.29) is 29.8 Å². The fraction of sp³-hybridized carbons (Fsp3) is 0.375. The summed E-state index contributed by atoms with van der Waals surface area (Å²) in [5, 5.41) is 1.37. The summed E-state index contributed by atoms with van der Waals surface area (Å²) in [4.78, 5) is 26.7. The van der Waals surface area contributed by atoms with Crippen LogP contribution in [-0.4, -0.2) is 28.4 Å². The van der Waals surface area contributed by atoms with Crippen LogP contribution in [0.4, 0.5) is 9.18 Å². The van der Waals surface area contributed by atoms with E-state index < -0.39 is 5.60 Å². The van der Waals surface area contributed by atoms with Crippen molar-refractivity contribution in [2.75, 3.05) is 0 Å². The van der Waals surface area contributed by atoms with Crippen molar-refractivity contribution in [3.63, 3.8) is 0 Å². The molecule has 0 spiro atoms. The van der Waals surface area contributed by atoms with Crippen LogP contribution in [0, 0.1) is 5.82 Å². The molecule has 5 heteroatoms. The van der Waals surface area contributed by atoms with Gasteiger partial charge in [0.25, 0.3) is 0 Å². The van der Waals surface area contributed by atoms with Crippen molar-refractivity contribution in [1.29, 1.82) is 0 Å². The molecule has 3 aromatic carbocycles. The number of rotatable bonds is 6. The molecule has 4 nitrogen and oxygen atoms in total. The van der Waals surface area contributed by atoms with Crippen LogP contribution in [0.5, 0.6) is 0 Å². The van der Waals surface area contributed by atoms with Gasteiger partial charge in [-0.15, -0.1) is 0 Å². The molecule has 1 aliphatic rings. The lowest BCUT2D eigenvalue weighted by Gasteiger charge is -2.37. The Morgan fingerprint density at radius 2 is 1.68 bits per heavy atom. The van der Waals surface area contributed by atoms with Crippen LogP contribution >= 0.6 is 0 Å². The normalized spacial score (nSPS) is 18.8. The highest BCUT2D eigenvalue weighted by Gasteiger charge is 2.38. The first kappa shape index (κ1) is 26.6. The minimum absolute atomic E-state index is 0.00375. The van der Waals surface area contributed by atoms with E-state index in [4.69, 9.17) is 4.74 Å². The van der Waals surface area contributed by atoms with Gasteiger partial charge in [0.05, 0.1) is 6.04 Å². The van der Waals surface area contributed by atoms with Gasteiger partial charge >= 0.3 is 6.09 Å². The highest BCUT2D eigenvalue weighted by molar-refractivity contribution is 5.91. The largest absolute Gasteiger partial charge is 0.444 e. The zero-order valence-electron chi connectivity index (χ0n) is 22.3. The van der Waals surface area contributed by atoms with Gasteiger partial charge in [0.2, 0.25) is 0 Å². The molecule has 0 saturated heterocycles. The number of carbonyl (C=O) groups excluding carboxylic acids is 2. The molecule has 4 rings (SSSR count). The van der Waals surface area contributed by atoms with E-state index in [1.165, 1.54) is 18.6 Å². The molecule has 37 heavy (non-hydrogen) atoms. The molecule has 0 aromatic heterocycles. The van der Waals surface area contributed by atoms with Gasteiger partial charge in [0, 0.05) is 11.4 Å². The van der Waals surface area contributed by atoms with Crippen LogP contribution in [0.15, 0.2) is 66.7 Å². The topological polar surface area (TPSA) is 46.6 Å². The summed E-state index contributed by atoms with van der Waals surface area (Å²) in [5.41, 5.74) is 2.50. The third kappa shape index (κ3) is 6.27. The third-order valence-electron chi connectivity index (χ3n) is 7.09. The molecule has 1 saturated carbocycles. The first-order chi connectivity index (χ1) is 17.5. The van der Waals surface area contributed by atoms with Crippen molar-refractivity contribution in [2.24, 2.45) is 0 Å². The van der Waals surface area contributed by atoms with Crippen LogP contribution < -0.4 is 0 Å². The van der Waals surface area contributed by atoms with Crippen molar-refractivity contribution >= 4 is 28.7 Å². The van der Waals surface area contributed by atoms with Crippen LogP contribution in [-0.2, 0) is 9.53 Å².